The number of para-hydroxylation sites is 1. The van der Waals surface area contributed by atoms with Gasteiger partial charge in [0.05, 0.1) is 13.7 Å². The maximum absolute atomic E-state index is 10.0. The molecule has 0 radical (unpaired) electrons. The van der Waals surface area contributed by atoms with E-state index in [1.165, 1.54) is 0 Å². The number of guanidine groups is 1. The largest absolute Gasteiger partial charge is 0.504 e. The predicted molar refractivity (Wildman–Crippen MR) is 86.9 cm³/mol. The summed E-state index contributed by atoms with van der Waals surface area (Å²) in [5.74, 6) is 2.05. The zero-order valence-corrected chi connectivity index (χ0v) is 13.4. The number of methoxy groups -OCH3 is 1. The minimum Gasteiger partial charge on any atom is -0.504 e. The molecule has 0 bridgehead atoms. The van der Waals surface area contributed by atoms with Gasteiger partial charge in [-0.15, -0.1) is 0 Å². The molecule has 1 rings (SSSR count). The number of phenolic OH excluding ortho intramolecular Hbond substituents is 1. The van der Waals surface area contributed by atoms with Crippen LogP contribution < -0.4 is 15.4 Å². The van der Waals surface area contributed by atoms with Gasteiger partial charge in [-0.2, -0.15) is 0 Å². The van der Waals surface area contributed by atoms with Crippen molar-refractivity contribution in [3.63, 3.8) is 0 Å². The molecule has 1 aromatic carbocycles. The molecule has 0 aliphatic heterocycles. The van der Waals surface area contributed by atoms with Crippen molar-refractivity contribution >= 4 is 5.96 Å². The van der Waals surface area contributed by atoms with Crippen molar-refractivity contribution in [2.24, 2.45) is 10.9 Å². The number of phenols is 1. The molecule has 0 spiro atoms. The van der Waals surface area contributed by atoms with Gasteiger partial charge in [-0.05, 0) is 25.3 Å². The summed E-state index contributed by atoms with van der Waals surface area (Å²) in [7, 11) is 1.54. The third kappa shape index (κ3) is 5.94. The normalized spacial score (nSPS) is 11.6. The molecule has 0 saturated heterocycles. The van der Waals surface area contributed by atoms with Gasteiger partial charge in [0.2, 0.25) is 0 Å². The van der Waals surface area contributed by atoms with E-state index in [0.717, 1.165) is 31.0 Å². The Bertz CT molecular complexity index is 459. The third-order valence-electron chi connectivity index (χ3n) is 3.07. The summed E-state index contributed by atoms with van der Waals surface area (Å²) < 4.78 is 5.10. The second-order valence-corrected chi connectivity index (χ2v) is 5.27. The lowest BCUT2D eigenvalue weighted by atomic mass is 10.1. The molecular weight excluding hydrogens is 266 g/mol. The Hall–Kier alpha value is -1.91. The first-order valence-electron chi connectivity index (χ1n) is 7.45. The molecule has 5 nitrogen and oxygen atoms in total. The zero-order chi connectivity index (χ0) is 15.7. The third-order valence-corrected chi connectivity index (χ3v) is 3.07. The molecule has 0 amide bonds. The fourth-order valence-electron chi connectivity index (χ4n) is 1.85. The van der Waals surface area contributed by atoms with E-state index in [2.05, 4.69) is 29.5 Å². The highest BCUT2D eigenvalue weighted by molar-refractivity contribution is 5.79. The summed E-state index contributed by atoms with van der Waals surface area (Å²) >= 11 is 0. The van der Waals surface area contributed by atoms with Crippen molar-refractivity contribution in [3.05, 3.63) is 23.8 Å². The highest BCUT2D eigenvalue weighted by atomic mass is 16.5. The number of benzene rings is 1. The second kappa shape index (κ2) is 9.10. The quantitative estimate of drug-likeness (QED) is 0.534. The van der Waals surface area contributed by atoms with Crippen LogP contribution in [0, 0.1) is 5.92 Å². The van der Waals surface area contributed by atoms with E-state index in [4.69, 9.17) is 4.74 Å². The number of hydrogen-bond acceptors (Lipinski definition) is 3. The minimum atomic E-state index is 0.154. The van der Waals surface area contributed by atoms with Crippen LogP contribution in [0.25, 0.3) is 0 Å². The molecule has 0 aliphatic rings. The van der Waals surface area contributed by atoms with Crippen LogP contribution in [0.15, 0.2) is 23.2 Å². The number of hydrogen-bond donors (Lipinski definition) is 3. The highest BCUT2D eigenvalue weighted by Gasteiger charge is 2.07. The predicted octanol–water partition coefficient (Wildman–Crippen LogP) is 2.50. The van der Waals surface area contributed by atoms with E-state index in [1.54, 1.807) is 13.2 Å². The maximum Gasteiger partial charge on any atom is 0.191 e. The Kier molecular flexibility index (Phi) is 7.43. The van der Waals surface area contributed by atoms with E-state index >= 15 is 0 Å². The molecule has 21 heavy (non-hydrogen) atoms. The Labute approximate surface area is 127 Å². The molecular formula is C16H27N3O2. The van der Waals surface area contributed by atoms with Gasteiger partial charge in [0.1, 0.15) is 0 Å². The molecule has 0 aliphatic carbocycles. The Morgan fingerprint density at radius 1 is 1.33 bits per heavy atom. The summed E-state index contributed by atoms with van der Waals surface area (Å²) in [6, 6.07) is 5.43. The van der Waals surface area contributed by atoms with Gasteiger partial charge in [-0.3, -0.25) is 0 Å². The molecule has 0 fully saturated rings. The van der Waals surface area contributed by atoms with Crippen molar-refractivity contribution in [2.45, 2.75) is 33.7 Å². The van der Waals surface area contributed by atoms with Gasteiger partial charge in [-0.25, -0.2) is 4.99 Å². The molecule has 0 aromatic heterocycles. The lowest BCUT2D eigenvalue weighted by molar-refractivity contribution is 0.370. The monoisotopic (exact) mass is 293 g/mol. The van der Waals surface area contributed by atoms with Crippen LogP contribution in [-0.2, 0) is 6.54 Å². The number of rotatable bonds is 7. The number of ether oxygens (including phenoxy) is 1. The van der Waals surface area contributed by atoms with Crippen molar-refractivity contribution in [1.82, 2.24) is 10.6 Å². The van der Waals surface area contributed by atoms with Crippen LogP contribution in [0.1, 0.15) is 32.8 Å². The van der Waals surface area contributed by atoms with Crippen molar-refractivity contribution in [1.29, 1.82) is 0 Å². The lowest BCUT2D eigenvalue weighted by Crippen LogP contribution is -2.38. The summed E-state index contributed by atoms with van der Waals surface area (Å²) in [6.45, 7) is 8.51. The van der Waals surface area contributed by atoms with E-state index < -0.39 is 0 Å². The second-order valence-electron chi connectivity index (χ2n) is 5.27. The van der Waals surface area contributed by atoms with Crippen LogP contribution in [0.5, 0.6) is 11.5 Å². The maximum atomic E-state index is 10.0. The van der Waals surface area contributed by atoms with Crippen molar-refractivity contribution < 1.29 is 9.84 Å². The number of aromatic hydroxyl groups is 1. The number of nitrogens with zero attached hydrogens (tertiary/aromatic N) is 1. The van der Waals surface area contributed by atoms with E-state index in [9.17, 15) is 5.11 Å². The average molecular weight is 293 g/mol. The van der Waals surface area contributed by atoms with Gasteiger partial charge in [-0.1, -0.05) is 26.0 Å². The van der Waals surface area contributed by atoms with E-state index in [0.29, 0.717) is 18.2 Å². The van der Waals surface area contributed by atoms with Gasteiger partial charge >= 0.3 is 0 Å². The fourth-order valence-corrected chi connectivity index (χ4v) is 1.85. The van der Waals surface area contributed by atoms with Gasteiger partial charge < -0.3 is 20.5 Å². The van der Waals surface area contributed by atoms with Crippen molar-refractivity contribution in [3.8, 4) is 11.5 Å². The topological polar surface area (TPSA) is 65.9 Å². The van der Waals surface area contributed by atoms with Gasteiger partial charge in [0.15, 0.2) is 17.5 Å². The Morgan fingerprint density at radius 3 is 2.71 bits per heavy atom. The Balaban J connectivity index is 2.69. The number of aliphatic imine (C=N–C) groups is 1. The first-order valence-corrected chi connectivity index (χ1v) is 7.45. The summed E-state index contributed by atoms with van der Waals surface area (Å²) in [5, 5.41) is 16.5. The molecule has 5 heteroatoms. The molecule has 0 atom stereocenters. The van der Waals surface area contributed by atoms with Crippen molar-refractivity contribution in [2.75, 3.05) is 20.2 Å². The van der Waals surface area contributed by atoms with E-state index in [-0.39, 0.29) is 5.75 Å². The SMILES string of the molecule is CCNC(=NCc1cccc(OC)c1O)NCCC(C)C. The Morgan fingerprint density at radius 2 is 2.10 bits per heavy atom. The lowest BCUT2D eigenvalue weighted by Gasteiger charge is -2.13. The first-order chi connectivity index (χ1) is 10.1. The molecule has 0 heterocycles. The van der Waals surface area contributed by atoms with Gasteiger partial charge in [0, 0.05) is 18.7 Å². The summed E-state index contributed by atoms with van der Waals surface area (Å²) in [4.78, 5) is 4.50. The zero-order valence-electron chi connectivity index (χ0n) is 13.4. The molecule has 118 valence electrons. The molecule has 0 unspecified atom stereocenters. The first kappa shape index (κ1) is 17.1. The minimum absolute atomic E-state index is 0.154. The molecule has 3 N–H and O–H groups in total. The van der Waals surface area contributed by atoms with E-state index in [1.807, 2.05) is 19.1 Å². The summed E-state index contributed by atoms with van der Waals surface area (Å²) in [6.07, 6.45) is 1.09. The van der Waals surface area contributed by atoms with Crippen LogP contribution >= 0.6 is 0 Å². The van der Waals surface area contributed by atoms with Crippen LogP contribution in [0.2, 0.25) is 0 Å². The smallest absolute Gasteiger partial charge is 0.191 e. The average Bonchev–Trinajstić information content (AvgIpc) is 2.45. The number of nitrogens with one attached hydrogen (secondary N) is 2. The van der Waals surface area contributed by atoms with Gasteiger partial charge in [0.25, 0.3) is 0 Å². The van der Waals surface area contributed by atoms with Crippen LogP contribution in [-0.4, -0.2) is 31.3 Å². The fraction of sp³-hybridized carbons (Fsp3) is 0.562. The summed E-state index contributed by atoms with van der Waals surface area (Å²) in [5.41, 5.74) is 0.746. The molecule has 1 aromatic rings. The standard InChI is InChI=1S/C16H27N3O2/c1-5-17-16(18-10-9-12(2)3)19-11-13-7-6-8-14(21-4)15(13)20/h6-8,12,20H,5,9-11H2,1-4H3,(H2,17,18,19). The van der Waals surface area contributed by atoms with Crippen LogP contribution in [0.4, 0.5) is 0 Å². The van der Waals surface area contributed by atoms with Crippen LogP contribution in [0.3, 0.4) is 0 Å². The highest BCUT2D eigenvalue weighted by Crippen LogP contribution is 2.29. The molecule has 0 saturated carbocycles.